The number of aryl methyl sites for hydroxylation is 3. The third-order valence-corrected chi connectivity index (χ3v) is 3.59. The van der Waals surface area contributed by atoms with E-state index in [0.717, 1.165) is 44.1 Å². The third-order valence-electron chi connectivity index (χ3n) is 3.59. The number of rotatable bonds is 7. The van der Waals surface area contributed by atoms with Crippen molar-refractivity contribution in [2.75, 3.05) is 6.54 Å². The van der Waals surface area contributed by atoms with Crippen LogP contribution in [0.3, 0.4) is 0 Å². The van der Waals surface area contributed by atoms with E-state index in [1.807, 2.05) is 6.20 Å². The topological polar surface area (TPSA) is 47.7 Å². The van der Waals surface area contributed by atoms with Crippen LogP contribution in [0.25, 0.3) is 0 Å². The number of aromatic nitrogens is 4. The SMILES string of the molecule is CCNCc1cnc(C)n1Cc1cc(CC)nn1CC. The Morgan fingerprint density at radius 3 is 2.65 bits per heavy atom. The molecule has 5 nitrogen and oxygen atoms in total. The molecule has 2 heterocycles. The number of nitrogens with one attached hydrogen (secondary N) is 1. The first-order valence-corrected chi connectivity index (χ1v) is 7.46. The van der Waals surface area contributed by atoms with Crippen molar-refractivity contribution in [1.82, 2.24) is 24.6 Å². The molecule has 2 aromatic heterocycles. The van der Waals surface area contributed by atoms with Crippen LogP contribution in [0.15, 0.2) is 12.3 Å². The predicted octanol–water partition coefficient (Wildman–Crippen LogP) is 2.13. The van der Waals surface area contributed by atoms with Gasteiger partial charge in [0.1, 0.15) is 5.82 Å². The molecule has 5 heteroatoms. The van der Waals surface area contributed by atoms with E-state index in [9.17, 15) is 0 Å². The molecule has 1 N–H and O–H groups in total. The van der Waals surface area contributed by atoms with E-state index < -0.39 is 0 Å². The van der Waals surface area contributed by atoms with E-state index in [2.05, 4.69) is 58.4 Å². The highest BCUT2D eigenvalue weighted by atomic mass is 15.3. The van der Waals surface area contributed by atoms with Gasteiger partial charge >= 0.3 is 0 Å². The van der Waals surface area contributed by atoms with Crippen LogP contribution in [-0.4, -0.2) is 25.9 Å². The quantitative estimate of drug-likeness (QED) is 0.842. The first-order valence-electron chi connectivity index (χ1n) is 7.46. The van der Waals surface area contributed by atoms with Crippen molar-refractivity contribution in [3.63, 3.8) is 0 Å². The van der Waals surface area contributed by atoms with Crippen molar-refractivity contribution in [2.45, 2.75) is 53.8 Å². The van der Waals surface area contributed by atoms with Crippen LogP contribution in [0.4, 0.5) is 0 Å². The van der Waals surface area contributed by atoms with Gasteiger partial charge in [-0.3, -0.25) is 4.68 Å². The molecule has 2 aromatic rings. The number of imidazole rings is 1. The standard InChI is InChI=1S/C15H25N5/c1-5-13-8-14(20(7-3)18-13)11-19-12(4)17-10-15(19)9-16-6-2/h8,10,16H,5-7,9,11H2,1-4H3. The Hall–Kier alpha value is -1.62. The van der Waals surface area contributed by atoms with Crippen molar-refractivity contribution in [3.05, 3.63) is 35.2 Å². The molecule has 20 heavy (non-hydrogen) atoms. The molecule has 0 saturated carbocycles. The van der Waals surface area contributed by atoms with E-state index in [1.54, 1.807) is 0 Å². The lowest BCUT2D eigenvalue weighted by Crippen LogP contribution is -2.17. The van der Waals surface area contributed by atoms with Crippen LogP contribution in [0, 0.1) is 6.92 Å². The minimum atomic E-state index is 0.841. The Balaban J connectivity index is 2.24. The van der Waals surface area contributed by atoms with Gasteiger partial charge in [-0.15, -0.1) is 0 Å². The maximum atomic E-state index is 4.62. The molecule has 0 amide bonds. The minimum absolute atomic E-state index is 0.841. The van der Waals surface area contributed by atoms with Crippen molar-refractivity contribution in [3.8, 4) is 0 Å². The van der Waals surface area contributed by atoms with Gasteiger partial charge in [-0.05, 0) is 32.9 Å². The Labute approximate surface area is 121 Å². The van der Waals surface area contributed by atoms with Gasteiger partial charge in [0.05, 0.1) is 23.6 Å². The lowest BCUT2D eigenvalue weighted by molar-refractivity contribution is 0.575. The van der Waals surface area contributed by atoms with Gasteiger partial charge in [0, 0.05) is 19.3 Å². The molecular weight excluding hydrogens is 250 g/mol. The highest BCUT2D eigenvalue weighted by Gasteiger charge is 2.11. The van der Waals surface area contributed by atoms with E-state index in [0.29, 0.717) is 0 Å². The molecule has 2 rings (SSSR count). The van der Waals surface area contributed by atoms with Gasteiger partial charge in [-0.25, -0.2) is 4.98 Å². The average Bonchev–Trinajstić information content (AvgIpc) is 3.02. The van der Waals surface area contributed by atoms with Crippen molar-refractivity contribution < 1.29 is 0 Å². The zero-order valence-corrected chi connectivity index (χ0v) is 13.0. The van der Waals surface area contributed by atoms with Gasteiger partial charge in [-0.2, -0.15) is 5.10 Å². The van der Waals surface area contributed by atoms with Crippen LogP contribution in [0.5, 0.6) is 0 Å². The van der Waals surface area contributed by atoms with Gasteiger partial charge in [-0.1, -0.05) is 13.8 Å². The first-order chi connectivity index (χ1) is 9.69. The minimum Gasteiger partial charge on any atom is -0.325 e. The Morgan fingerprint density at radius 2 is 2.00 bits per heavy atom. The van der Waals surface area contributed by atoms with Crippen molar-refractivity contribution >= 4 is 0 Å². The normalized spacial score (nSPS) is 11.2. The van der Waals surface area contributed by atoms with Crippen LogP contribution >= 0.6 is 0 Å². The molecule has 0 saturated heterocycles. The summed E-state index contributed by atoms with van der Waals surface area (Å²) >= 11 is 0. The maximum Gasteiger partial charge on any atom is 0.106 e. The van der Waals surface area contributed by atoms with Crippen LogP contribution < -0.4 is 5.32 Å². The Morgan fingerprint density at radius 1 is 1.20 bits per heavy atom. The fraction of sp³-hybridized carbons (Fsp3) is 0.600. The lowest BCUT2D eigenvalue weighted by atomic mass is 10.3. The Bertz CT molecular complexity index is 553. The predicted molar refractivity (Wildman–Crippen MR) is 80.7 cm³/mol. The summed E-state index contributed by atoms with van der Waals surface area (Å²) in [5.41, 5.74) is 3.64. The third kappa shape index (κ3) is 3.10. The summed E-state index contributed by atoms with van der Waals surface area (Å²) < 4.78 is 4.36. The molecule has 0 aliphatic heterocycles. The number of hydrogen-bond donors (Lipinski definition) is 1. The fourth-order valence-electron chi connectivity index (χ4n) is 2.38. The molecule has 0 radical (unpaired) electrons. The van der Waals surface area contributed by atoms with Gasteiger partial charge in [0.15, 0.2) is 0 Å². The van der Waals surface area contributed by atoms with Gasteiger partial charge in [0.25, 0.3) is 0 Å². The number of nitrogens with zero attached hydrogens (tertiary/aromatic N) is 4. The second kappa shape index (κ2) is 6.70. The smallest absolute Gasteiger partial charge is 0.106 e. The average molecular weight is 275 g/mol. The second-order valence-corrected chi connectivity index (χ2v) is 4.96. The zero-order chi connectivity index (χ0) is 14.5. The maximum absolute atomic E-state index is 4.62. The van der Waals surface area contributed by atoms with E-state index in [4.69, 9.17) is 0 Å². The zero-order valence-electron chi connectivity index (χ0n) is 13.0. The highest BCUT2D eigenvalue weighted by molar-refractivity contribution is 5.14. The second-order valence-electron chi connectivity index (χ2n) is 4.96. The molecule has 0 unspecified atom stereocenters. The molecule has 0 aliphatic carbocycles. The largest absolute Gasteiger partial charge is 0.325 e. The molecule has 0 bridgehead atoms. The molecule has 0 atom stereocenters. The summed E-state index contributed by atoms with van der Waals surface area (Å²) in [7, 11) is 0. The molecule has 0 spiro atoms. The summed E-state index contributed by atoms with van der Waals surface area (Å²) in [5.74, 6) is 1.06. The van der Waals surface area contributed by atoms with E-state index in [-0.39, 0.29) is 0 Å². The molecular formula is C15H25N5. The summed E-state index contributed by atoms with van der Waals surface area (Å²) in [6, 6.07) is 2.21. The molecule has 0 aliphatic rings. The fourth-order valence-corrected chi connectivity index (χ4v) is 2.38. The molecule has 0 aromatic carbocycles. The van der Waals surface area contributed by atoms with E-state index >= 15 is 0 Å². The number of hydrogen-bond acceptors (Lipinski definition) is 3. The van der Waals surface area contributed by atoms with Crippen molar-refractivity contribution in [2.24, 2.45) is 0 Å². The van der Waals surface area contributed by atoms with Crippen LogP contribution in [0.1, 0.15) is 43.7 Å². The van der Waals surface area contributed by atoms with Gasteiger partial charge in [0.2, 0.25) is 0 Å². The molecule has 110 valence electrons. The Kier molecular flexibility index (Phi) is 4.95. The van der Waals surface area contributed by atoms with E-state index in [1.165, 1.54) is 11.4 Å². The van der Waals surface area contributed by atoms with Gasteiger partial charge < -0.3 is 9.88 Å². The summed E-state index contributed by atoms with van der Waals surface area (Å²) in [4.78, 5) is 4.44. The summed E-state index contributed by atoms with van der Waals surface area (Å²) in [6.45, 7) is 12.0. The molecule has 0 fully saturated rings. The lowest BCUT2D eigenvalue weighted by Gasteiger charge is -2.11. The van der Waals surface area contributed by atoms with Crippen LogP contribution in [-0.2, 0) is 26.1 Å². The van der Waals surface area contributed by atoms with Crippen LogP contribution in [0.2, 0.25) is 0 Å². The monoisotopic (exact) mass is 275 g/mol. The summed E-state index contributed by atoms with van der Waals surface area (Å²) in [5, 5.41) is 7.98. The van der Waals surface area contributed by atoms with Crippen molar-refractivity contribution in [1.29, 1.82) is 0 Å². The first kappa shape index (κ1) is 14.8. The summed E-state index contributed by atoms with van der Waals surface area (Å²) in [6.07, 6.45) is 2.94. The highest BCUT2D eigenvalue weighted by Crippen LogP contribution is 2.12.